The third-order valence-electron chi connectivity index (χ3n) is 3.94. The largest absolute Gasteiger partial charge is 0.497 e. The molecule has 0 aliphatic heterocycles. The van der Waals surface area contributed by atoms with E-state index in [1.807, 2.05) is 0 Å². The zero-order valence-corrected chi connectivity index (χ0v) is 16.7. The van der Waals surface area contributed by atoms with Gasteiger partial charge in [-0.2, -0.15) is 4.98 Å². The molecule has 0 unspecified atom stereocenters. The number of hydrogen-bond acceptors (Lipinski definition) is 9. The van der Waals surface area contributed by atoms with Crippen LogP contribution in [0.1, 0.15) is 16.2 Å². The molecular formula is C19H18N2O7S. The Bertz CT molecular complexity index is 1140. The van der Waals surface area contributed by atoms with Crippen LogP contribution in [-0.2, 0) is 21.2 Å². The molecule has 0 amide bonds. The summed E-state index contributed by atoms with van der Waals surface area (Å²) < 4.78 is 43.9. The molecule has 0 saturated carbocycles. The lowest BCUT2D eigenvalue weighted by Gasteiger charge is -2.07. The number of benzene rings is 2. The number of carbonyl (C=O) groups excluding carboxylic acids is 1. The standard InChI is InChI=1S/C19H18N2O7S/c1-25-13-7-8-15(16(10-13)26-2)18-20-17(28-21-18)11-27-19(22)12-5-4-6-14(9-12)29(3,23)24/h4-10H,11H2,1-3H3. The average molecular weight is 418 g/mol. The van der Waals surface area contributed by atoms with E-state index in [1.54, 1.807) is 25.3 Å². The van der Waals surface area contributed by atoms with Gasteiger partial charge in [0.15, 0.2) is 16.4 Å². The molecule has 2 aromatic carbocycles. The molecule has 0 aliphatic rings. The number of ether oxygens (including phenoxy) is 3. The minimum Gasteiger partial charge on any atom is -0.497 e. The number of carbonyl (C=O) groups is 1. The molecule has 3 aromatic rings. The Hall–Kier alpha value is -3.40. The summed E-state index contributed by atoms with van der Waals surface area (Å²) in [5.74, 6) is 0.725. The highest BCUT2D eigenvalue weighted by molar-refractivity contribution is 7.90. The van der Waals surface area contributed by atoms with Gasteiger partial charge in [-0.1, -0.05) is 11.2 Å². The Labute approximate surface area is 167 Å². The zero-order chi connectivity index (χ0) is 21.0. The van der Waals surface area contributed by atoms with E-state index in [0.717, 1.165) is 6.26 Å². The third kappa shape index (κ3) is 4.72. The highest BCUT2D eigenvalue weighted by atomic mass is 32.2. The summed E-state index contributed by atoms with van der Waals surface area (Å²) in [5.41, 5.74) is 0.681. The summed E-state index contributed by atoms with van der Waals surface area (Å²) in [7, 11) is -0.386. The molecule has 0 saturated heterocycles. The van der Waals surface area contributed by atoms with E-state index in [1.165, 1.54) is 31.4 Å². The first-order valence-electron chi connectivity index (χ1n) is 8.34. The van der Waals surface area contributed by atoms with Crippen LogP contribution < -0.4 is 9.47 Å². The van der Waals surface area contributed by atoms with Crippen LogP contribution >= 0.6 is 0 Å². The topological polar surface area (TPSA) is 118 Å². The third-order valence-corrected chi connectivity index (χ3v) is 5.05. The molecular weight excluding hydrogens is 400 g/mol. The van der Waals surface area contributed by atoms with Crippen molar-refractivity contribution in [3.05, 3.63) is 53.9 Å². The van der Waals surface area contributed by atoms with Crippen molar-refractivity contribution in [1.82, 2.24) is 10.1 Å². The number of methoxy groups -OCH3 is 2. The maximum absolute atomic E-state index is 12.2. The zero-order valence-electron chi connectivity index (χ0n) is 15.9. The minimum atomic E-state index is -3.43. The summed E-state index contributed by atoms with van der Waals surface area (Å²) in [5, 5.41) is 3.87. The average Bonchev–Trinajstić information content (AvgIpc) is 3.19. The van der Waals surface area contributed by atoms with Crippen molar-refractivity contribution < 1.29 is 31.9 Å². The number of hydrogen-bond donors (Lipinski definition) is 0. The monoisotopic (exact) mass is 418 g/mol. The van der Waals surface area contributed by atoms with Gasteiger partial charge >= 0.3 is 5.97 Å². The molecule has 1 aromatic heterocycles. The van der Waals surface area contributed by atoms with Crippen LogP contribution in [0.2, 0.25) is 0 Å². The molecule has 9 nitrogen and oxygen atoms in total. The lowest BCUT2D eigenvalue weighted by atomic mass is 10.2. The fourth-order valence-electron chi connectivity index (χ4n) is 2.47. The highest BCUT2D eigenvalue weighted by Crippen LogP contribution is 2.31. The second-order valence-electron chi connectivity index (χ2n) is 5.95. The maximum Gasteiger partial charge on any atom is 0.338 e. The Morgan fingerprint density at radius 2 is 1.90 bits per heavy atom. The predicted molar refractivity (Wildman–Crippen MR) is 102 cm³/mol. The molecule has 3 rings (SSSR count). The van der Waals surface area contributed by atoms with Gasteiger partial charge in [0.1, 0.15) is 11.5 Å². The molecule has 0 atom stereocenters. The number of rotatable bonds is 7. The SMILES string of the molecule is COc1ccc(-c2noc(COC(=O)c3cccc(S(C)(=O)=O)c3)n2)c(OC)c1. The van der Waals surface area contributed by atoms with E-state index in [9.17, 15) is 13.2 Å². The van der Waals surface area contributed by atoms with Crippen LogP contribution in [0.5, 0.6) is 11.5 Å². The van der Waals surface area contributed by atoms with Crippen molar-refractivity contribution >= 4 is 15.8 Å². The van der Waals surface area contributed by atoms with E-state index in [2.05, 4.69) is 10.1 Å². The Morgan fingerprint density at radius 3 is 2.59 bits per heavy atom. The van der Waals surface area contributed by atoms with Crippen molar-refractivity contribution in [3.8, 4) is 22.9 Å². The lowest BCUT2D eigenvalue weighted by Crippen LogP contribution is -2.07. The van der Waals surface area contributed by atoms with Gasteiger partial charge in [0.25, 0.3) is 5.89 Å². The molecule has 152 valence electrons. The van der Waals surface area contributed by atoms with Crippen LogP contribution in [-0.4, -0.2) is 45.0 Å². The molecule has 10 heteroatoms. The van der Waals surface area contributed by atoms with Gasteiger partial charge in [0.05, 0.1) is 30.2 Å². The summed E-state index contributed by atoms with van der Waals surface area (Å²) in [6.45, 7) is -0.270. The molecule has 1 heterocycles. The smallest absolute Gasteiger partial charge is 0.338 e. The second-order valence-corrected chi connectivity index (χ2v) is 7.97. The Balaban J connectivity index is 1.72. The van der Waals surface area contributed by atoms with E-state index in [4.69, 9.17) is 18.7 Å². The predicted octanol–water partition coefficient (Wildman–Crippen LogP) is 2.51. The minimum absolute atomic E-state index is 0.0265. The van der Waals surface area contributed by atoms with Gasteiger partial charge in [0, 0.05) is 12.3 Å². The number of nitrogens with zero attached hydrogens (tertiary/aromatic N) is 2. The lowest BCUT2D eigenvalue weighted by molar-refractivity contribution is 0.0429. The van der Waals surface area contributed by atoms with Gasteiger partial charge in [0.2, 0.25) is 5.82 Å². The van der Waals surface area contributed by atoms with Gasteiger partial charge in [-0.25, -0.2) is 13.2 Å². The Morgan fingerprint density at radius 1 is 1.10 bits per heavy atom. The Kier molecular flexibility index (Phi) is 5.83. The quantitative estimate of drug-likeness (QED) is 0.533. The molecule has 0 bridgehead atoms. The van der Waals surface area contributed by atoms with Gasteiger partial charge in [-0.05, 0) is 30.3 Å². The van der Waals surface area contributed by atoms with E-state index in [0.29, 0.717) is 17.1 Å². The molecule has 0 fully saturated rings. The van der Waals surface area contributed by atoms with Crippen molar-refractivity contribution in [2.45, 2.75) is 11.5 Å². The molecule has 29 heavy (non-hydrogen) atoms. The van der Waals surface area contributed by atoms with Crippen molar-refractivity contribution in [2.24, 2.45) is 0 Å². The second kappa shape index (κ2) is 8.31. The molecule has 0 aliphatic carbocycles. The number of aromatic nitrogens is 2. The maximum atomic E-state index is 12.2. The van der Waals surface area contributed by atoms with Crippen LogP contribution in [0.15, 0.2) is 51.9 Å². The van der Waals surface area contributed by atoms with Crippen LogP contribution in [0.3, 0.4) is 0 Å². The van der Waals surface area contributed by atoms with E-state index in [-0.39, 0.29) is 28.8 Å². The van der Waals surface area contributed by atoms with Gasteiger partial charge in [-0.3, -0.25) is 0 Å². The van der Waals surface area contributed by atoms with Crippen molar-refractivity contribution in [2.75, 3.05) is 20.5 Å². The molecule has 0 radical (unpaired) electrons. The van der Waals surface area contributed by atoms with E-state index >= 15 is 0 Å². The van der Waals surface area contributed by atoms with Crippen LogP contribution in [0.4, 0.5) is 0 Å². The van der Waals surface area contributed by atoms with Gasteiger partial charge in [-0.15, -0.1) is 0 Å². The fraction of sp³-hybridized carbons (Fsp3) is 0.211. The van der Waals surface area contributed by atoms with Crippen LogP contribution in [0, 0.1) is 0 Å². The highest BCUT2D eigenvalue weighted by Gasteiger charge is 2.17. The van der Waals surface area contributed by atoms with Crippen molar-refractivity contribution in [1.29, 1.82) is 0 Å². The molecule has 0 N–H and O–H groups in total. The van der Waals surface area contributed by atoms with Crippen molar-refractivity contribution in [3.63, 3.8) is 0 Å². The number of sulfone groups is 1. The van der Waals surface area contributed by atoms with E-state index < -0.39 is 15.8 Å². The summed E-state index contributed by atoms with van der Waals surface area (Å²) in [6, 6.07) is 10.7. The normalized spacial score (nSPS) is 11.1. The van der Waals surface area contributed by atoms with Crippen LogP contribution in [0.25, 0.3) is 11.4 Å². The fourth-order valence-corrected chi connectivity index (χ4v) is 3.14. The first kappa shape index (κ1) is 20.3. The number of esters is 1. The summed E-state index contributed by atoms with van der Waals surface area (Å²) in [6.07, 6.45) is 1.06. The summed E-state index contributed by atoms with van der Waals surface area (Å²) >= 11 is 0. The molecule has 0 spiro atoms. The first-order valence-corrected chi connectivity index (χ1v) is 10.2. The van der Waals surface area contributed by atoms with Gasteiger partial charge < -0.3 is 18.7 Å². The summed E-state index contributed by atoms with van der Waals surface area (Å²) in [4.78, 5) is 16.4. The first-order chi connectivity index (χ1) is 13.8.